The summed E-state index contributed by atoms with van der Waals surface area (Å²) in [6.45, 7) is 0. The summed E-state index contributed by atoms with van der Waals surface area (Å²) in [6, 6.07) is 8.94. The van der Waals surface area contributed by atoms with E-state index in [1.165, 1.54) is 6.07 Å². The summed E-state index contributed by atoms with van der Waals surface area (Å²) in [4.78, 5) is 1.12. The Balaban J connectivity index is 2.12. The summed E-state index contributed by atoms with van der Waals surface area (Å²) < 4.78 is 14.6. The third-order valence-electron chi connectivity index (χ3n) is 2.40. The third kappa shape index (κ3) is 3.37. The Morgan fingerprint density at radius 1 is 1.24 bits per heavy atom. The average Bonchev–Trinajstić information content (AvgIpc) is 2.70. The minimum Gasteiger partial charge on any atom is -0.323 e. The molecule has 1 aromatic heterocycles. The van der Waals surface area contributed by atoms with Crippen LogP contribution in [0.1, 0.15) is 16.5 Å². The van der Waals surface area contributed by atoms with Gasteiger partial charge in [0.25, 0.3) is 0 Å². The highest BCUT2D eigenvalue weighted by Gasteiger charge is 2.10. The molecule has 0 aliphatic rings. The van der Waals surface area contributed by atoms with Gasteiger partial charge in [-0.1, -0.05) is 6.07 Å². The fourth-order valence-electron chi connectivity index (χ4n) is 1.55. The number of nitrogens with two attached hydrogens (primary N) is 1. The van der Waals surface area contributed by atoms with Crippen molar-refractivity contribution in [2.45, 2.75) is 12.5 Å². The Kier molecular flexibility index (Phi) is 4.36. The zero-order chi connectivity index (χ0) is 12.4. The molecule has 0 fully saturated rings. The van der Waals surface area contributed by atoms with Crippen molar-refractivity contribution in [1.29, 1.82) is 0 Å². The first-order valence-electron chi connectivity index (χ1n) is 5.01. The molecular formula is C12H10Br2FNS. The molecule has 1 aromatic carbocycles. The van der Waals surface area contributed by atoms with E-state index in [-0.39, 0.29) is 11.9 Å². The molecule has 0 aliphatic heterocycles. The van der Waals surface area contributed by atoms with Crippen LogP contribution in [0.5, 0.6) is 0 Å². The zero-order valence-corrected chi connectivity index (χ0v) is 12.8. The van der Waals surface area contributed by atoms with E-state index in [0.717, 1.165) is 14.2 Å². The van der Waals surface area contributed by atoms with Gasteiger partial charge in [-0.15, -0.1) is 11.3 Å². The number of thiophene rings is 1. The maximum absolute atomic E-state index is 13.1. The van der Waals surface area contributed by atoms with Gasteiger partial charge in [0, 0.05) is 10.9 Å². The average molecular weight is 379 g/mol. The molecule has 1 nitrogen and oxygen atoms in total. The Hall–Kier alpha value is -0.230. The third-order valence-corrected chi connectivity index (χ3v) is 4.76. The Bertz CT molecular complexity index is 527. The van der Waals surface area contributed by atoms with Crippen LogP contribution in [-0.4, -0.2) is 0 Å². The van der Waals surface area contributed by atoms with E-state index in [1.54, 1.807) is 23.5 Å². The van der Waals surface area contributed by atoms with Crippen molar-refractivity contribution in [3.8, 4) is 0 Å². The summed E-state index contributed by atoms with van der Waals surface area (Å²) in [5.74, 6) is -0.249. The number of benzene rings is 1. The van der Waals surface area contributed by atoms with Gasteiger partial charge < -0.3 is 5.73 Å². The van der Waals surface area contributed by atoms with Gasteiger partial charge in [-0.25, -0.2) is 4.39 Å². The van der Waals surface area contributed by atoms with E-state index in [9.17, 15) is 4.39 Å². The van der Waals surface area contributed by atoms with Gasteiger partial charge in [0.2, 0.25) is 0 Å². The van der Waals surface area contributed by atoms with Crippen LogP contribution in [0.2, 0.25) is 0 Å². The van der Waals surface area contributed by atoms with Crippen LogP contribution >= 0.6 is 43.2 Å². The van der Waals surface area contributed by atoms with Crippen molar-refractivity contribution in [1.82, 2.24) is 0 Å². The summed E-state index contributed by atoms with van der Waals surface area (Å²) in [5.41, 5.74) is 7.13. The standard InChI is InChI=1S/C12H10Br2FNS/c13-8-5-7(1-2-9(8)15)6-10(16)11-3-4-12(14)17-11/h1-5,10H,6,16H2. The van der Waals surface area contributed by atoms with Gasteiger partial charge in [-0.2, -0.15) is 0 Å². The molecule has 90 valence electrons. The van der Waals surface area contributed by atoms with Crippen LogP contribution < -0.4 is 5.73 Å². The molecule has 5 heteroatoms. The minimum atomic E-state index is -0.249. The molecular weight excluding hydrogens is 369 g/mol. The van der Waals surface area contributed by atoms with E-state index in [2.05, 4.69) is 31.9 Å². The molecule has 0 saturated heterocycles. The van der Waals surface area contributed by atoms with Crippen LogP contribution in [0.3, 0.4) is 0 Å². The van der Waals surface area contributed by atoms with Gasteiger partial charge in [0.05, 0.1) is 8.26 Å². The maximum atomic E-state index is 13.1. The molecule has 1 atom stereocenters. The van der Waals surface area contributed by atoms with Gasteiger partial charge in [0.1, 0.15) is 5.82 Å². The van der Waals surface area contributed by atoms with Gasteiger partial charge >= 0.3 is 0 Å². The van der Waals surface area contributed by atoms with Crippen molar-refractivity contribution in [2.24, 2.45) is 5.73 Å². The fraction of sp³-hybridized carbons (Fsp3) is 0.167. The molecule has 1 heterocycles. The zero-order valence-electron chi connectivity index (χ0n) is 8.79. The van der Waals surface area contributed by atoms with E-state index in [1.807, 2.05) is 12.1 Å². The summed E-state index contributed by atoms with van der Waals surface area (Å²) >= 11 is 8.22. The number of halogens is 3. The molecule has 0 saturated carbocycles. The highest BCUT2D eigenvalue weighted by atomic mass is 79.9. The fourth-order valence-corrected chi connectivity index (χ4v) is 3.40. The molecule has 0 bridgehead atoms. The topological polar surface area (TPSA) is 26.0 Å². The predicted octanol–water partition coefficient (Wildman–Crippen LogP) is 4.65. The molecule has 17 heavy (non-hydrogen) atoms. The van der Waals surface area contributed by atoms with Crippen LogP contribution in [-0.2, 0) is 6.42 Å². The van der Waals surface area contributed by atoms with Crippen LogP contribution in [0, 0.1) is 5.82 Å². The van der Waals surface area contributed by atoms with Crippen LogP contribution in [0.25, 0.3) is 0 Å². The number of rotatable bonds is 3. The second-order valence-corrected chi connectivity index (χ2v) is 7.05. The summed E-state index contributed by atoms with van der Waals surface area (Å²) in [5, 5.41) is 0. The normalized spacial score (nSPS) is 12.7. The van der Waals surface area contributed by atoms with Crippen LogP contribution in [0.15, 0.2) is 38.6 Å². The first-order valence-corrected chi connectivity index (χ1v) is 7.41. The Morgan fingerprint density at radius 2 is 2.00 bits per heavy atom. The van der Waals surface area contributed by atoms with E-state index >= 15 is 0 Å². The molecule has 0 radical (unpaired) electrons. The quantitative estimate of drug-likeness (QED) is 0.826. The molecule has 1 unspecified atom stereocenters. The van der Waals surface area contributed by atoms with E-state index < -0.39 is 0 Å². The second kappa shape index (κ2) is 5.61. The minimum absolute atomic E-state index is 0.0522. The second-order valence-electron chi connectivity index (χ2n) is 3.70. The largest absolute Gasteiger partial charge is 0.323 e. The highest BCUT2D eigenvalue weighted by Crippen LogP contribution is 2.28. The molecule has 0 aliphatic carbocycles. The Labute approximate surface area is 120 Å². The Morgan fingerprint density at radius 3 is 2.59 bits per heavy atom. The highest BCUT2D eigenvalue weighted by molar-refractivity contribution is 9.11. The van der Waals surface area contributed by atoms with Gasteiger partial charge in [0.15, 0.2) is 0 Å². The molecule has 0 amide bonds. The lowest BCUT2D eigenvalue weighted by molar-refractivity contribution is 0.619. The smallest absolute Gasteiger partial charge is 0.137 e. The lowest BCUT2D eigenvalue weighted by Gasteiger charge is -2.10. The predicted molar refractivity (Wildman–Crippen MR) is 76.8 cm³/mol. The molecule has 2 N–H and O–H groups in total. The van der Waals surface area contributed by atoms with Crippen molar-refractivity contribution >= 4 is 43.2 Å². The first-order chi connectivity index (χ1) is 8.06. The SMILES string of the molecule is NC(Cc1ccc(F)c(Br)c1)c1ccc(Br)s1. The number of hydrogen-bond acceptors (Lipinski definition) is 2. The van der Waals surface area contributed by atoms with Gasteiger partial charge in [-0.05, 0) is 68.1 Å². The molecule has 0 spiro atoms. The van der Waals surface area contributed by atoms with Crippen LogP contribution in [0.4, 0.5) is 4.39 Å². The first kappa shape index (κ1) is 13.2. The van der Waals surface area contributed by atoms with Crippen molar-refractivity contribution < 1.29 is 4.39 Å². The van der Waals surface area contributed by atoms with E-state index in [0.29, 0.717) is 10.9 Å². The summed E-state index contributed by atoms with van der Waals surface area (Å²) in [6.07, 6.45) is 0.700. The number of hydrogen-bond donors (Lipinski definition) is 1. The van der Waals surface area contributed by atoms with E-state index in [4.69, 9.17) is 5.73 Å². The molecule has 2 rings (SSSR count). The van der Waals surface area contributed by atoms with Crippen molar-refractivity contribution in [2.75, 3.05) is 0 Å². The lowest BCUT2D eigenvalue weighted by Crippen LogP contribution is -2.11. The lowest BCUT2D eigenvalue weighted by atomic mass is 10.1. The monoisotopic (exact) mass is 377 g/mol. The van der Waals surface area contributed by atoms with Crippen molar-refractivity contribution in [3.05, 3.63) is 54.8 Å². The van der Waals surface area contributed by atoms with Crippen molar-refractivity contribution in [3.63, 3.8) is 0 Å². The maximum Gasteiger partial charge on any atom is 0.137 e. The summed E-state index contributed by atoms with van der Waals surface area (Å²) in [7, 11) is 0. The molecule has 2 aromatic rings. The van der Waals surface area contributed by atoms with Gasteiger partial charge in [-0.3, -0.25) is 0 Å².